The van der Waals surface area contributed by atoms with Crippen LogP contribution in [0.2, 0.25) is 0 Å². The van der Waals surface area contributed by atoms with Crippen LogP contribution in [0.1, 0.15) is 14.9 Å². The molecule has 0 aromatic rings. The summed E-state index contributed by atoms with van der Waals surface area (Å²) in [5.74, 6) is 0. The van der Waals surface area contributed by atoms with Gasteiger partial charge in [0.05, 0.1) is 0 Å². The number of hydrogen-bond acceptors (Lipinski definition) is 1. The summed E-state index contributed by atoms with van der Waals surface area (Å²) in [4.78, 5) is 0. The predicted octanol–water partition coefficient (Wildman–Crippen LogP) is 2.98. The topological polar surface area (TPSA) is 12.4 Å². The minimum atomic E-state index is -0.772. The second-order valence-electron chi connectivity index (χ2n) is 2.14. The Morgan fingerprint density at radius 2 is 1.12 bits per heavy atom. The smallest absolute Gasteiger partial charge is 0.0261 e. The summed E-state index contributed by atoms with van der Waals surface area (Å²) in [5, 5.41) is 0. The molecule has 0 atom stereocenters. The lowest BCUT2D eigenvalue weighted by molar-refractivity contribution is 1.48. The molecule has 0 aliphatic heterocycles. The molecule has 1 nitrogen and oxygen atoms in total. The van der Waals surface area contributed by atoms with Crippen molar-refractivity contribution in [3.8, 4) is 0 Å². The highest BCUT2D eigenvalue weighted by atomic mass is 31.2. The van der Waals surface area contributed by atoms with E-state index in [-0.39, 0.29) is 14.9 Å². The number of hydrogen-bond donors (Lipinski definition) is 0. The molecule has 0 aliphatic rings. The molecule has 0 spiro atoms. The standard InChI is InChI=1S/C4H12NP.2CH4/c1-5-6(2,3)4;;/h1-4H3;2*1H4. The Balaban J connectivity index is -0.000000125. The summed E-state index contributed by atoms with van der Waals surface area (Å²) in [6, 6.07) is 0. The molecule has 0 radical (unpaired) electrons. The van der Waals surface area contributed by atoms with Crippen LogP contribution in [0.5, 0.6) is 0 Å². The van der Waals surface area contributed by atoms with Gasteiger partial charge in [-0.05, 0) is 27.0 Å². The first kappa shape index (κ1) is 15.7. The Labute approximate surface area is 54.6 Å². The molecule has 0 saturated carbocycles. The predicted molar refractivity (Wildman–Crippen MR) is 46.5 cm³/mol. The van der Waals surface area contributed by atoms with Crippen LogP contribution >= 0.6 is 7.05 Å². The molecule has 0 amide bonds. The molecular weight excluding hydrogens is 117 g/mol. The van der Waals surface area contributed by atoms with Crippen LogP contribution in [0.25, 0.3) is 0 Å². The largest absolute Gasteiger partial charge is 0.307 e. The number of nitrogens with zero attached hydrogens (tertiary/aromatic N) is 1. The fourth-order valence-electron chi connectivity index (χ4n) is 0. The van der Waals surface area contributed by atoms with Gasteiger partial charge in [-0.3, -0.25) is 0 Å². The van der Waals surface area contributed by atoms with E-state index in [2.05, 4.69) is 24.7 Å². The lowest BCUT2D eigenvalue weighted by atomic mass is 11.6. The molecule has 8 heavy (non-hydrogen) atoms. The first-order valence-corrected chi connectivity index (χ1v) is 5.07. The fourth-order valence-corrected chi connectivity index (χ4v) is 0. The van der Waals surface area contributed by atoms with Crippen molar-refractivity contribution in [2.75, 3.05) is 27.0 Å². The van der Waals surface area contributed by atoms with E-state index < -0.39 is 7.05 Å². The van der Waals surface area contributed by atoms with Gasteiger partial charge in [-0.25, -0.2) is 0 Å². The van der Waals surface area contributed by atoms with Gasteiger partial charge in [-0.15, -0.1) is 0 Å². The van der Waals surface area contributed by atoms with Gasteiger partial charge in [0.15, 0.2) is 0 Å². The van der Waals surface area contributed by atoms with Crippen LogP contribution in [-0.4, -0.2) is 27.0 Å². The van der Waals surface area contributed by atoms with Crippen molar-refractivity contribution in [2.45, 2.75) is 14.9 Å². The van der Waals surface area contributed by atoms with Gasteiger partial charge in [0, 0.05) is 7.05 Å². The molecule has 0 heterocycles. The lowest BCUT2D eigenvalue weighted by Gasteiger charge is -1.99. The van der Waals surface area contributed by atoms with Crippen LogP contribution in [0.4, 0.5) is 0 Å². The first-order chi connectivity index (χ1) is 2.56. The highest BCUT2D eigenvalue weighted by Gasteiger charge is 1.86. The summed E-state index contributed by atoms with van der Waals surface area (Å²) >= 11 is 0. The van der Waals surface area contributed by atoms with Crippen LogP contribution in [-0.2, 0) is 0 Å². The monoisotopic (exact) mass is 137 g/mol. The maximum Gasteiger partial charge on any atom is 0.0261 e. The van der Waals surface area contributed by atoms with Gasteiger partial charge >= 0.3 is 0 Å². The summed E-state index contributed by atoms with van der Waals surface area (Å²) in [6.45, 7) is 6.56. The van der Waals surface area contributed by atoms with Crippen molar-refractivity contribution in [1.29, 1.82) is 0 Å². The van der Waals surface area contributed by atoms with Crippen LogP contribution in [0, 0.1) is 0 Å². The third-order valence-electron chi connectivity index (χ3n) is 0.600. The highest BCUT2D eigenvalue weighted by Crippen LogP contribution is 2.33. The summed E-state index contributed by atoms with van der Waals surface area (Å²) in [5.41, 5.74) is 0. The molecule has 0 N–H and O–H groups in total. The zero-order valence-corrected chi connectivity index (χ0v) is 5.79. The molecule has 0 saturated heterocycles. The second-order valence-corrected chi connectivity index (χ2v) is 6.42. The molecule has 2 heteroatoms. The van der Waals surface area contributed by atoms with Gasteiger partial charge in [-0.1, -0.05) is 14.9 Å². The molecule has 54 valence electrons. The van der Waals surface area contributed by atoms with Crippen molar-refractivity contribution < 1.29 is 0 Å². The van der Waals surface area contributed by atoms with E-state index in [0.29, 0.717) is 0 Å². The molecule has 0 aliphatic carbocycles. The number of rotatable bonds is 0. The van der Waals surface area contributed by atoms with Crippen molar-refractivity contribution in [2.24, 2.45) is 4.74 Å². The van der Waals surface area contributed by atoms with Gasteiger partial charge in [0.2, 0.25) is 0 Å². The molecule has 0 unspecified atom stereocenters. The van der Waals surface area contributed by atoms with Crippen LogP contribution in [0.3, 0.4) is 0 Å². The Kier molecular flexibility index (Phi) is 10.6. The van der Waals surface area contributed by atoms with E-state index >= 15 is 0 Å². The molecule has 0 rings (SSSR count). The first-order valence-electron chi connectivity index (χ1n) is 1.99. The van der Waals surface area contributed by atoms with Crippen molar-refractivity contribution in [3.63, 3.8) is 0 Å². The zero-order valence-electron chi connectivity index (χ0n) is 4.89. The van der Waals surface area contributed by atoms with Crippen LogP contribution < -0.4 is 0 Å². The van der Waals surface area contributed by atoms with Crippen molar-refractivity contribution >= 4 is 7.05 Å². The molecule has 0 aromatic carbocycles. The normalized spacial score (nSPS) is 8.50. The average molecular weight is 137 g/mol. The molecule has 0 bridgehead atoms. The van der Waals surface area contributed by atoms with Gasteiger partial charge in [-0.2, -0.15) is 0 Å². The third kappa shape index (κ3) is 16.3. The van der Waals surface area contributed by atoms with Crippen molar-refractivity contribution in [3.05, 3.63) is 0 Å². The van der Waals surface area contributed by atoms with E-state index in [9.17, 15) is 0 Å². The Hall–Kier alpha value is 0.230. The van der Waals surface area contributed by atoms with Gasteiger partial charge in [0.1, 0.15) is 0 Å². The van der Waals surface area contributed by atoms with E-state index in [4.69, 9.17) is 0 Å². The van der Waals surface area contributed by atoms with E-state index in [1.807, 2.05) is 7.05 Å². The quantitative estimate of drug-likeness (QED) is 0.455. The SMILES string of the molecule is C.C.CN=P(C)(C)C. The Morgan fingerprint density at radius 1 is 1.00 bits per heavy atom. The summed E-state index contributed by atoms with van der Waals surface area (Å²) in [6.07, 6.45) is 0. The Morgan fingerprint density at radius 3 is 1.12 bits per heavy atom. The summed E-state index contributed by atoms with van der Waals surface area (Å²) < 4.78 is 4.13. The van der Waals surface area contributed by atoms with Gasteiger partial charge in [0.25, 0.3) is 0 Å². The van der Waals surface area contributed by atoms with Gasteiger partial charge < -0.3 is 4.74 Å². The summed E-state index contributed by atoms with van der Waals surface area (Å²) in [7, 11) is 1.11. The fraction of sp³-hybridized carbons (Fsp3) is 1.00. The minimum Gasteiger partial charge on any atom is -0.307 e. The van der Waals surface area contributed by atoms with E-state index in [1.165, 1.54) is 0 Å². The van der Waals surface area contributed by atoms with E-state index in [0.717, 1.165) is 0 Å². The van der Waals surface area contributed by atoms with E-state index in [1.54, 1.807) is 0 Å². The van der Waals surface area contributed by atoms with Crippen molar-refractivity contribution in [1.82, 2.24) is 0 Å². The zero-order chi connectivity index (χ0) is 5.21. The van der Waals surface area contributed by atoms with Crippen LogP contribution in [0.15, 0.2) is 4.74 Å². The highest BCUT2D eigenvalue weighted by molar-refractivity contribution is 7.63. The molecular formula is C6H20NP. The molecule has 0 aromatic heterocycles. The maximum absolute atomic E-state index is 4.13. The molecule has 0 fully saturated rings. The Bertz CT molecular complexity index is 72.3. The average Bonchev–Trinajstić information content (AvgIpc) is 1.35. The minimum absolute atomic E-state index is 0. The lowest BCUT2D eigenvalue weighted by Crippen LogP contribution is -1.65. The third-order valence-corrected chi connectivity index (χ3v) is 1.80. The second kappa shape index (κ2) is 5.37. The maximum atomic E-state index is 4.13.